The highest BCUT2D eigenvalue weighted by molar-refractivity contribution is 7.14. The molecule has 1 aromatic heterocycles. The summed E-state index contributed by atoms with van der Waals surface area (Å²) in [6.07, 6.45) is 1.79. The Kier molecular flexibility index (Phi) is 6.86. The van der Waals surface area contributed by atoms with Crippen molar-refractivity contribution in [1.29, 1.82) is 0 Å². The molecule has 0 radical (unpaired) electrons. The number of anilines is 1. The summed E-state index contributed by atoms with van der Waals surface area (Å²) < 4.78 is 12.9. The highest BCUT2D eigenvalue weighted by atomic mass is 35.5. The predicted molar refractivity (Wildman–Crippen MR) is 97.1 cm³/mol. The molecular weight excluding hydrogens is 367 g/mol. The number of carbonyl (C=O) groups excluding carboxylic acids is 2. The topological polar surface area (TPSA) is 83.1 Å². The number of carbonyl (C=O) groups is 2. The molecule has 0 aliphatic carbocycles. The molecule has 1 fully saturated rings. The molecule has 0 atom stereocenters. The van der Waals surface area contributed by atoms with Crippen LogP contribution >= 0.6 is 23.7 Å². The third kappa shape index (κ3) is 5.22. The van der Waals surface area contributed by atoms with Crippen molar-refractivity contribution in [3.05, 3.63) is 46.7 Å². The molecule has 1 aliphatic rings. The average molecular weight is 385 g/mol. The number of nitrogens with zero attached hydrogens (tertiary/aromatic N) is 1. The van der Waals surface area contributed by atoms with Crippen molar-refractivity contribution in [1.82, 2.24) is 15.6 Å². The van der Waals surface area contributed by atoms with Crippen molar-refractivity contribution in [2.24, 2.45) is 0 Å². The molecule has 25 heavy (non-hydrogen) atoms. The van der Waals surface area contributed by atoms with Crippen molar-refractivity contribution in [3.8, 4) is 0 Å². The van der Waals surface area contributed by atoms with Crippen LogP contribution in [0.25, 0.3) is 0 Å². The highest BCUT2D eigenvalue weighted by Gasteiger charge is 2.18. The average Bonchev–Trinajstić information content (AvgIpc) is 3.05. The monoisotopic (exact) mass is 384 g/mol. The van der Waals surface area contributed by atoms with E-state index in [4.69, 9.17) is 0 Å². The quantitative estimate of drug-likeness (QED) is 0.756. The zero-order valence-corrected chi connectivity index (χ0v) is 14.9. The fourth-order valence-corrected chi connectivity index (χ4v) is 3.12. The van der Waals surface area contributed by atoms with E-state index in [1.807, 2.05) is 0 Å². The summed E-state index contributed by atoms with van der Waals surface area (Å²) in [6, 6.07) is 5.37. The van der Waals surface area contributed by atoms with E-state index in [1.165, 1.54) is 35.6 Å². The summed E-state index contributed by atoms with van der Waals surface area (Å²) in [6.45, 7) is 1.78. The SMILES string of the molecule is Cl.O=C(Nc1nc(C(=O)NC2CCNCC2)cs1)c1ccc(F)cc1. The van der Waals surface area contributed by atoms with E-state index < -0.39 is 11.7 Å². The molecule has 0 unspecified atom stereocenters. The van der Waals surface area contributed by atoms with E-state index in [9.17, 15) is 14.0 Å². The number of amides is 2. The van der Waals surface area contributed by atoms with Gasteiger partial charge in [-0.05, 0) is 50.2 Å². The summed E-state index contributed by atoms with van der Waals surface area (Å²) in [5.74, 6) is -1.03. The molecule has 0 spiro atoms. The van der Waals surface area contributed by atoms with Crippen LogP contribution in [0.5, 0.6) is 0 Å². The van der Waals surface area contributed by atoms with Gasteiger partial charge in [-0.3, -0.25) is 14.9 Å². The number of aromatic nitrogens is 1. The van der Waals surface area contributed by atoms with Gasteiger partial charge in [0.1, 0.15) is 11.5 Å². The van der Waals surface area contributed by atoms with Gasteiger partial charge in [0.25, 0.3) is 11.8 Å². The number of rotatable bonds is 4. The Balaban J connectivity index is 0.00000225. The maximum Gasteiger partial charge on any atom is 0.271 e. The third-order valence-corrected chi connectivity index (χ3v) is 4.50. The number of hydrogen-bond acceptors (Lipinski definition) is 5. The minimum absolute atomic E-state index is 0. The number of nitrogens with one attached hydrogen (secondary N) is 3. The molecule has 1 aliphatic heterocycles. The molecule has 2 aromatic rings. The molecule has 3 rings (SSSR count). The van der Waals surface area contributed by atoms with E-state index in [1.54, 1.807) is 5.38 Å². The van der Waals surface area contributed by atoms with Crippen molar-refractivity contribution in [3.63, 3.8) is 0 Å². The zero-order valence-electron chi connectivity index (χ0n) is 13.3. The van der Waals surface area contributed by atoms with Gasteiger partial charge in [0, 0.05) is 17.0 Å². The molecule has 2 amide bonds. The largest absolute Gasteiger partial charge is 0.348 e. The van der Waals surface area contributed by atoms with E-state index in [0.29, 0.717) is 10.7 Å². The highest BCUT2D eigenvalue weighted by Crippen LogP contribution is 2.17. The molecule has 3 N–H and O–H groups in total. The molecular formula is C16H18ClFN4O2S. The third-order valence-electron chi connectivity index (χ3n) is 3.74. The first-order valence-electron chi connectivity index (χ1n) is 7.66. The standard InChI is InChI=1S/C16H17FN4O2S.ClH/c17-11-3-1-10(2-4-11)14(22)21-16-20-13(9-24-16)15(23)19-12-5-7-18-8-6-12;/h1-4,9,12,18H,5-8H2,(H,19,23)(H,20,21,22);1H. The van der Waals surface area contributed by atoms with Crippen LogP contribution in [0.15, 0.2) is 29.6 Å². The van der Waals surface area contributed by atoms with E-state index >= 15 is 0 Å². The van der Waals surface area contributed by atoms with Crippen molar-refractivity contribution < 1.29 is 14.0 Å². The minimum atomic E-state index is -0.405. The molecule has 134 valence electrons. The van der Waals surface area contributed by atoms with Crippen LogP contribution in [0.1, 0.15) is 33.7 Å². The second kappa shape index (κ2) is 8.89. The predicted octanol–water partition coefficient (Wildman–Crippen LogP) is 2.44. The van der Waals surface area contributed by atoms with Gasteiger partial charge >= 0.3 is 0 Å². The molecule has 0 saturated carbocycles. The lowest BCUT2D eigenvalue weighted by molar-refractivity contribution is 0.0924. The van der Waals surface area contributed by atoms with Crippen molar-refractivity contribution in [2.45, 2.75) is 18.9 Å². The summed E-state index contributed by atoms with van der Waals surface area (Å²) in [4.78, 5) is 28.4. The van der Waals surface area contributed by atoms with E-state index in [0.717, 1.165) is 25.9 Å². The smallest absolute Gasteiger partial charge is 0.271 e. The van der Waals surface area contributed by atoms with Gasteiger partial charge in [0.2, 0.25) is 0 Å². The summed E-state index contributed by atoms with van der Waals surface area (Å²) in [5.41, 5.74) is 0.611. The minimum Gasteiger partial charge on any atom is -0.348 e. The maximum absolute atomic E-state index is 12.9. The van der Waals surface area contributed by atoms with Gasteiger partial charge in [-0.1, -0.05) is 0 Å². The summed E-state index contributed by atoms with van der Waals surface area (Å²) in [7, 11) is 0. The van der Waals surface area contributed by atoms with Crippen LogP contribution in [0, 0.1) is 5.82 Å². The summed E-state index contributed by atoms with van der Waals surface area (Å²) in [5, 5.41) is 10.7. The summed E-state index contributed by atoms with van der Waals surface area (Å²) >= 11 is 1.18. The van der Waals surface area contributed by atoms with E-state index in [-0.39, 0.29) is 30.0 Å². The second-order valence-electron chi connectivity index (χ2n) is 5.50. The fourth-order valence-electron chi connectivity index (χ4n) is 2.43. The first kappa shape index (κ1) is 19.3. The number of piperidine rings is 1. The van der Waals surface area contributed by atoms with Gasteiger partial charge in [0.05, 0.1) is 0 Å². The number of hydrogen-bond donors (Lipinski definition) is 3. The first-order chi connectivity index (χ1) is 11.6. The lowest BCUT2D eigenvalue weighted by atomic mass is 10.1. The maximum atomic E-state index is 12.9. The van der Waals surface area contributed by atoms with Crippen molar-refractivity contribution >= 4 is 40.7 Å². The van der Waals surface area contributed by atoms with Gasteiger partial charge in [-0.15, -0.1) is 23.7 Å². The Morgan fingerprint density at radius 3 is 2.52 bits per heavy atom. The molecule has 1 saturated heterocycles. The van der Waals surface area contributed by atoms with E-state index in [2.05, 4.69) is 20.9 Å². The Bertz CT molecular complexity index is 732. The molecule has 1 aromatic carbocycles. The molecule has 6 nitrogen and oxygen atoms in total. The van der Waals surface area contributed by atoms with Crippen molar-refractivity contribution in [2.75, 3.05) is 18.4 Å². The molecule has 0 bridgehead atoms. The number of halogens is 2. The van der Waals surface area contributed by atoms with Crippen LogP contribution in [-0.4, -0.2) is 35.9 Å². The number of thiazole rings is 1. The number of benzene rings is 1. The second-order valence-corrected chi connectivity index (χ2v) is 6.35. The Hall–Kier alpha value is -2.03. The van der Waals surface area contributed by atoms with Crippen LogP contribution in [-0.2, 0) is 0 Å². The first-order valence-corrected chi connectivity index (χ1v) is 8.54. The fraction of sp³-hybridized carbons (Fsp3) is 0.312. The Morgan fingerprint density at radius 1 is 1.16 bits per heavy atom. The lowest BCUT2D eigenvalue weighted by Crippen LogP contribution is -2.42. The Labute approximate surface area is 154 Å². The molecule has 9 heteroatoms. The van der Waals surface area contributed by atoms with Gasteiger partial charge < -0.3 is 10.6 Å². The van der Waals surface area contributed by atoms with Crippen LogP contribution < -0.4 is 16.0 Å². The molecule has 2 heterocycles. The Morgan fingerprint density at radius 2 is 1.84 bits per heavy atom. The van der Waals surface area contributed by atoms with Gasteiger partial charge in [-0.2, -0.15) is 0 Å². The van der Waals surface area contributed by atoms with Crippen LogP contribution in [0.3, 0.4) is 0 Å². The zero-order chi connectivity index (χ0) is 16.9. The van der Waals surface area contributed by atoms with Gasteiger partial charge in [0.15, 0.2) is 5.13 Å². The lowest BCUT2D eigenvalue weighted by Gasteiger charge is -2.23. The van der Waals surface area contributed by atoms with Gasteiger partial charge in [-0.25, -0.2) is 9.37 Å². The van der Waals surface area contributed by atoms with Crippen LogP contribution in [0.2, 0.25) is 0 Å². The van der Waals surface area contributed by atoms with Crippen LogP contribution in [0.4, 0.5) is 9.52 Å². The normalized spacial score (nSPS) is 14.4.